The van der Waals surface area contributed by atoms with Crippen molar-refractivity contribution in [1.82, 2.24) is 5.32 Å². The highest BCUT2D eigenvalue weighted by Crippen LogP contribution is 2.25. The summed E-state index contributed by atoms with van der Waals surface area (Å²) >= 11 is 0. The predicted octanol–water partition coefficient (Wildman–Crippen LogP) is 4.77. The van der Waals surface area contributed by atoms with Crippen LogP contribution in [0.2, 0.25) is 0 Å². The number of hydrogen-bond acceptors (Lipinski definition) is 2. The number of likely N-dealkylation sites (N-methyl/N-ethyl adjacent to an activating group) is 1. The van der Waals surface area contributed by atoms with Crippen molar-refractivity contribution >= 4 is 5.69 Å². The van der Waals surface area contributed by atoms with E-state index in [0.29, 0.717) is 12.1 Å². The maximum Gasteiger partial charge on any atom is 0.0440 e. The van der Waals surface area contributed by atoms with Crippen LogP contribution in [0.1, 0.15) is 58.9 Å². The molecule has 2 nitrogen and oxygen atoms in total. The summed E-state index contributed by atoms with van der Waals surface area (Å²) in [6, 6.07) is 9.93. The number of aryl methyl sites for hydroxylation is 1. The zero-order valence-corrected chi connectivity index (χ0v) is 14.7. The average molecular weight is 290 g/mol. The molecule has 21 heavy (non-hydrogen) atoms. The molecule has 0 aromatic heterocycles. The van der Waals surface area contributed by atoms with Crippen LogP contribution in [0.4, 0.5) is 5.69 Å². The van der Waals surface area contributed by atoms with E-state index in [9.17, 15) is 0 Å². The van der Waals surface area contributed by atoms with Crippen LogP contribution in [0.5, 0.6) is 0 Å². The summed E-state index contributed by atoms with van der Waals surface area (Å²) in [6.07, 6.45) is 4.88. The van der Waals surface area contributed by atoms with Crippen molar-refractivity contribution in [2.45, 2.75) is 72.4 Å². The van der Waals surface area contributed by atoms with Gasteiger partial charge in [0.15, 0.2) is 0 Å². The van der Waals surface area contributed by atoms with Gasteiger partial charge in [-0.2, -0.15) is 0 Å². The molecule has 0 radical (unpaired) electrons. The smallest absolute Gasteiger partial charge is 0.0440 e. The van der Waals surface area contributed by atoms with E-state index in [1.807, 2.05) is 0 Å². The minimum absolute atomic E-state index is 0.572. The van der Waals surface area contributed by atoms with E-state index in [-0.39, 0.29) is 0 Å². The molecule has 0 fully saturated rings. The Morgan fingerprint density at radius 2 is 1.76 bits per heavy atom. The Labute approximate surface area is 131 Å². The van der Waals surface area contributed by atoms with Crippen molar-refractivity contribution in [1.29, 1.82) is 0 Å². The second-order valence-corrected chi connectivity index (χ2v) is 5.90. The van der Waals surface area contributed by atoms with Gasteiger partial charge >= 0.3 is 0 Å². The lowest BCUT2D eigenvalue weighted by Gasteiger charge is -2.39. The highest BCUT2D eigenvalue weighted by Gasteiger charge is 2.25. The first-order chi connectivity index (χ1) is 10.2. The molecule has 1 N–H and O–H groups in total. The highest BCUT2D eigenvalue weighted by molar-refractivity contribution is 5.54. The molecule has 120 valence electrons. The van der Waals surface area contributed by atoms with E-state index >= 15 is 0 Å². The molecule has 0 bridgehead atoms. The lowest BCUT2D eigenvalue weighted by molar-refractivity contribution is 0.377. The Balaban J connectivity index is 2.98. The van der Waals surface area contributed by atoms with Crippen LogP contribution in [-0.2, 0) is 0 Å². The number of nitrogens with zero attached hydrogens (tertiary/aromatic N) is 1. The highest BCUT2D eigenvalue weighted by atomic mass is 15.2. The second kappa shape index (κ2) is 9.83. The van der Waals surface area contributed by atoms with Gasteiger partial charge in [0, 0.05) is 24.3 Å². The van der Waals surface area contributed by atoms with Crippen molar-refractivity contribution in [2.75, 3.05) is 18.0 Å². The Morgan fingerprint density at radius 3 is 2.29 bits per heavy atom. The van der Waals surface area contributed by atoms with Crippen molar-refractivity contribution in [3.05, 3.63) is 29.8 Å². The Morgan fingerprint density at radius 1 is 1.05 bits per heavy atom. The van der Waals surface area contributed by atoms with Gasteiger partial charge < -0.3 is 10.2 Å². The summed E-state index contributed by atoms with van der Waals surface area (Å²) in [5.41, 5.74) is 2.77. The van der Waals surface area contributed by atoms with Gasteiger partial charge in [-0.25, -0.2) is 0 Å². The van der Waals surface area contributed by atoms with Crippen molar-refractivity contribution < 1.29 is 0 Å². The molecule has 1 aromatic rings. The largest absolute Gasteiger partial charge is 0.367 e. The lowest BCUT2D eigenvalue weighted by atomic mass is 9.97. The van der Waals surface area contributed by atoms with Crippen LogP contribution in [0.15, 0.2) is 24.3 Å². The molecule has 1 aromatic carbocycles. The molecule has 0 amide bonds. The molecule has 0 heterocycles. The molecule has 0 spiro atoms. The average Bonchev–Trinajstić information content (AvgIpc) is 2.50. The van der Waals surface area contributed by atoms with Gasteiger partial charge in [-0.05, 0) is 51.3 Å². The first kappa shape index (κ1) is 18.0. The van der Waals surface area contributed by atoms with E-state index in [4.69, 9.17) is 0 Å². The third-order valence-corrected chi connectivity index (χ3v) is 4.30. The number of rotatable bonds is 10. The maximum atomic E-state index is 3.78. The summed E-state index contributed by atoms with van der Waals surface area (Å²) in [5, 5.41) is 3.78. The zero-order chi connectivity index (χ0) is 15.7. The SMILES string of the molecule is CCCNC(CCC)C(CC)N(CC)c1ccccc1C. The Hall–Kier alpha value is -1.02. The van der Waals surface area contributed by atoms with Gasteiger partial charge in [-0.3, -0.25) is 0 Å². The minimum atomic E-state index is 0.572. The first-order valence-electron chi connectivity index (χ1n) is 8.75. The zero-order valence-electron chi connectivity index (χ0n) is 14.7. The normalized spacial score (nSPS) is 14.0. The van der Waals surface area contributed by atoms with Gasteiger partial charge in [0.05, 0.1) is 0 Å². The number of nitrogens with one attached hydrogen (secondary N) is 1. The van der Waals surface area contributed by atoms with Crippen LogP contribution in [-0.4, -0.2) is 25.2 Å². The fraction of sp³-hybridized carbons (Fsp3) is 0.684. The van der Waals surface area contributed by atoms with E-state index in [1.165, 1.54) is 36.9 Å². The second-order valence-electron chi connectivity index (χ2n) is 5.90. The van der Waals surface area contributed by atoms with Gasteiger partial charge in [-0.15, -0.1) is 0 Å². The van der Waals surface area contributed by atoms with Crippen LogP contribution in [0, 0.1) is 6.92 Å². The van der Waals surface area contributed by atoms with Crippen molar-refractivity contribution in [3.8, 4) is 0 Å². The molecule has 0 aliphatic heterocycles. The van der Waals surface area contributed by atoms with E-state index in [0.717, 1.165) is 13.1 Å². The Kier molecular flexibility index (Phi) is 8.44. The number of anilines is 1. The number of hydrogen-bond donors (Lipinski definition) is 1. The predicted molar refractivity (Wildman–Crippen MR) is 95.3 cm³/mol. The molecule has 0 saturated heterocycles. The topological polar surface area (TPSA) is 15.3 Å². The third-order valence-electron chi connectivity index (χ3n) is 4.30. The van der Waals surface area contributed by atoms with Gasteiger partial charge in [-0.1, -0.05) is 45.4 Å². The molecule has 0 aliphatic rings. The molecule has 2 atom stereocenters. The fourth-order valence-corrected chi connectivity index (χ4v) is 3.26. The van der Waals surface area contributed by atoms with Crippen LogP contribution >= 0.6 is 0 Å². The van der Waals surface area contributed by atoms with E-state index < -0.39 is 0 Å². The van der Waals surface area contributed by atoms with Crippen LogP contribution in [0.25, 0.3) is 0 Å². The Bertz CT molecular complexity index is 389. The van der Waals surface area contributed by atoms with E-state index in [2.05, 4.69) is 69.1 Å². The van der Waals surface area contributed by atoms with Crippen LogP contribution < -0.4 is 10.2 Å². The molecule has 2 heteroatoms. The molecule has 2 unspecified atom stereocenters. The molecule has 0 saturated carbocycles. The fourth-order valence-electron chi connectivity index (χ4n) is 3.26. The standard InChI is InChI=1S/C19H34N2/c1-6-12-17(20-15-7-2)18(8-3)21(9-4)19-14-11-10-13-16(19)5/h10-11,13-14,17-18,20H,6-9,12,15H2,1-5H3. The monoisotopic (exact) mass is 290 g/mol. The van der Waals surface area contributed by atoms with Crippen molar-refractivity contribution in [2.24, 2.45) is 0 Å². The molecule has 1 rings (SSSR count). The van der Waals surface area contributed by atoms with Crippen molar-refractivity contribution in [3.63, 3.8) is 0 Å². The van der Waals surface area contributed by atoms with Gasteiger partial charge in [0.2, 0.25) is 0 Å². The molecular weight excluding hydrogens is 256 g/mol. The minimum Gasteiger partial charge on any atom is -0.367 e. The lowest BCUT2D eigenvalue weighted by Crippen LogP contribution is -2.50. The number of para-hydroxylation sites is 1. The summed E-state index contributed by atoms with van der Waals surface area (Å²) in [7, 11) is 0. The van der Waals surface area contributed by atoms with Gasteiger partial charge in [0.1, 0.15) is 0 Å². The molecule has 0 aliphatic carbocycles. The third kappa shape index (κ3) is 5.03. The van der Waals surface area contributed by atoms with E-state index in [1.54, 1.807) is 0 Å². The molecular formula is C19H34N2. The number of benzene rings is 1. The maximum absolute atomic E-state index is 3.78. The van der Waals surface area contributed by atoms with Crippen LogP contribution in [0.3, 0.4) is 0 Å². The summed E-state index contributed by atoms with van der Waals surface area (Å²) in [4.78, 5) is 2.60. The first-order valence-corrected chi connectivity index (χ1v) is 8.75. The van der Waals surface area contributed by atoms with Gasteiger partial charge in [0.25, 0.3) is 0 Å². The summed E-state index contributed by atoms with van der Waals surface area (Å²) in [6.45, 7) is 13.5. The summed E-state index contributed by atoms with van der Waals surface area (Å²) < 4.78 is 0. The quantitative estimate of drug-likeness (QED) is 0.668. The summed E-state index contributed by atoms with van der Waals surface area (Å²) in [5.74, 6) is 0.